The third-order valence-corrected chi connectivity index (χ3v) is 9.38. The molecule has 1 spiro atoms. The summed E-state index contributed by atoms with van der Waals surface area (Å²) in [5.41, 5.74) is 11.1. The predicted octanol–water partition coefficient (Wildman–Crippen LogP) is 9.64. The van der Waals surface area contributed by atoms with Crippen LogP contribution < -0.4 is 0 Å². The standard InChI is InChI=1S/C40H30N4/c41-26-27-18-20-32-34-25-30(19-21-35(34)40(36(32)24-27)22-10-3-11-23-40)31-16-8-9-17-33(31)39-43-37(28-12-4-1-5-13-28)42-38(44-39)29-14-6-2-7-15-29/h1-2,4-9,12-21,24-25H,3,10-11,22-23H2. The minimum Gasteiger partial charge on any atom is -0.208 e. The molecule has 0 N–H and O–H groups in total. The van der Waals surface area contributed by atoms with Crippen LogP contribution >= 0.6 is 0 Å². The lowest BCUT2D eigenvalue weighted by atomic mass is 9.67. The van der Waals surface area contributed by atoms with Gasteiger partial charge in [0.05, 0.1) is 11.6 Å². The van der Waals surface area contributed by atoms with Crippen LogP contribution in [0.4, 0.5) is 0 Å². The lowest BCUT2D eigenvalue weighted by molar-refractivity contribution is 0.353. The highest BCUT2D eigenvalue weighted by atomic mass is 15.0. The van der Waals surface area contributed by atoms with Gasteiger partial charge in [-0.05, 0) is 64.4 Å². The summed E-state index contributed by atoms with van der Waals surface area (Å²) < 4.78 is 0. The van der Waals surface area contributed by atoms with Crippen molar-refractivity contribution in [1.82, 2.24) is 15.0 Å². The molecule has 0 unspecified atom stereocenters. The topological polar surface area (TPSA) is 62.5 Å². The molecular formula is C40H30N4. The van der Waals surface area contributed by atoms with Crippen molar-refractivity contribution in [1.29, 1.82) is 5.26 Å². The van der Waals surface area contributed by atoms with Crippen molar-refractivity contribution < 1.29 is 0 Å². The van der Waals surface area contributed by atoms with Gasteiger partial charge in [-0.25, -0.2) is 15.0 Å². The summed E-state index contributed by atoms with van der Waals surface area (Å²) in [5, 5.41) is 9.72. The molecule has 0 aliphatic heterocycles. The van der Waals surface area contributed by atoms with Crippen molar-refractivity contribution in [2.45, 2.75) is 37.5 Å². The van der Waals surface area contributed by atoms with Gasteiger partial charge in [-0.3, -0.25) is 0 Å². The van der Waals surface area contributed by atoms with Crippen LogP contribution in [-0.2, 0) is 5.41 Å². The molecule has 1 fully saturated rings. The molecule has 0 amide bonds. The van der Waals surface area contributed by atoms with Crippen molar-refractivity contribution in [3.05, 3.63) is 138 Å². The molecule has 4 heteroatoms. The van der Waals surface area contributed by atoms with E-state index in [1.165, 1.54) is 41.5 Å². The van der Waals surface area contributed by atoms with Crippen molar-refractivity contribution in [2.75, 3.05) is 0 Å². The maximum atomic E-state index is 9.72. The lowest BCUT2D eigenvalue weighted by Gasteiger charge is -2.36. The van der Waals surface area contributed by atoms with E-state index in [1.54, 1.807) is 0 Å². The molecule has 4 nitrogen and oxygen atoms in total. The molecular weight excluding hydrogens is 536 g/mol. The second kappa shape index (κ2) is 10.7. The van der Waals surface area contributed by atoms with Crippen molar-refractivity contribution in [3.8, 4) is 62.5 Å². The quantitative estimate of drug-likeness (QED) is 0.213. The first-order chi connectivity index (χ1) is 21.7. The second-order valence-corrected chi connectivity index (χ2v) is 11.9. The number of hydrogen-bond donors (Lipinski definition) is 0. The fourth-order valence-corrected chi connectivity index (χ4v) is 7.29. The van der Waals surface area contributed by atoms with Crippen molar-refractivity contribution in [3.63, 3.8) is 0 Å². The van der Waals surface area contributed by atoms with Gasteiger partial charge in [0.25, 0.3) is 0 Å². The molecule has 5 aromatic carbocycles. The largest absolute Gasteiger partial charge is 0.208 e. The Bertz CT molecular complexity index is 1990. The van der Waals surface area contributed by atoms with Gasteiger partial charge in [0.1, 0.15) is 0 Å². The molecule has 8 rings (SSSR count). The van der Waals surface area contributed by atoms with E-state index in [0.29, 0.717) is 17.5 Å². The first kappa shape index (κ1) is 26.2. The Morgan fingerprint density at radius 3 is 1.75 bits per heavy atom. The number of aromatic nitrogens is 3. The van der Waals surface area contributed by atoms with Crippen LogP contribution in [0.2, 0.25) is 0 Å². The highest BCUT2D eigenvalue weighted by molar-refractivity contribution is 5.89. The van der Waals surface area contributed by atoms with Gasteiger partial charge in [0.2, 0.25) is 0 Å². The Hall–Kier alpha value is -5.40. The summed E-state index contributed by atoms with van der Waals surface area (Å²) in [6.07, 6.45) is 5.97. The molecule has 1 heterocycles. The number of benzene rings is 5. The third kappa shape index (κ3) is 4.32. The number of fused-ring (bicyclic) bond motifs is 5. The second-order valence-electron chi connectivity index (χ2n) is 11.9. The van der Waals surface area contributed by atoms with Crippen LogP contribution in [-0.4, -0.2) is 15.0 Å². The summed E-state index contributed by atoms with van der Waals surface area (Å²) >= 11 is 0. The van der Waals surface area contributed by atoms with Gasteiger partial charge < -0.3 is 0 Å². The average molecular weight is 567 g/mol. The fourth-order valence-electron chi connectivity index (χ4n) is 7.29. The van der Waals surface area contributed by atoms with Crippen LogP contribution in [0.25, 0.3) is 56.4 Å². The van der Waals surface area contributed by atoms with E-state index in [4.69, 9.17) is 15.0 Å². The molecule has 44 heavy (non-hydrogen) atoms. The predicted molar refractivity (Wildman–Crippen MR) is 176 cm³/mol. The van der Waals surface area contributed by atoms with E-state index in [0.717, 1.165) is 46.2 Å². The van der Waals surface area contributed by atoms with Crippen LogP contribution in [0.15, 0.2) is 121 Å². The Balaban J connectivity index is 1.30. The van der Waals surface area contributed by atoms with Gasteiger partial charge >= 0.3 is 0 Å². The third-order valence-electron chi connectivity index (χ3n) is 9.38. The number of hydrogen-bond acceptors (Lipinski definition) is 4. The number of nitriles is 1. The van der Waals surface area contributed by atoms with Gasteiger partial charge in [0.15, 0.2) is 17.5 Å². The summed E-state index contributed by atoms with van der Waals surface area (Å²) in [5.74, 6) is 1.95. The molecule has 0 bridgehead atoms. The molecule has 2 aliphatic rings. The van der Waals surface area contributed by atoms with Gasteiger partial charge in [-0.2, -0.15) is 5.26 Å². The van der Waals surface area contributed by atoms with E-state index < -0.39 is 0 Å². The zero-order valence-electron chi connectivity index (χ0n) is 24.4. The van der Waals surface area contributed by atoms with Crippen LogP contribution in [0, 0.1) is 11.3 Å². The van der Waals surface area contributed by atoms with Crippen LogP contribution in [0.5, 0.6) is 0 Å². The average Bonchev–Trinajstić information content (AvgIpc) is 3.36. The SMILES string of the molecule is N#Cc1ccc2c(c1)C1(CCCCC1)c1ccc(-c3ccccc3-c3nc(-c4ccccc4)nc(-c4ccccc4)n3)cc1-2. The highest BCUT2D eigenvalue weighted by Crippen LogP contribution is 2.56. The first-order valence-electron chi connectivity index (χ1n) is 15.4. The molecule has 210 valence electrons. The zero-order valence-corrected chi connectivity index (χ0v) is 24.4. The van der Waals surface area contributed by atoms with Crippen molar-refractivity contribution >= 4 is 0 Å². The van der Waals surface area contributed by atoms with E-state index >= 15 is 0 Å². The van der Waals surface area contributed by atoms with Crippen LogP contribution in [0.3, 0.4) is 0 Å². The lowest BCUT2D eigenvalue weighted by Crippen LogP contribution is -2.28. The smallest absolute Gasteiger partial charge is 0.164 e. The van der Waals surface area contributed by atoms with Crippen molar-refractivity contribution in [2.24, 2.45) is 0 Å². The van der Waals surface area contributed by atoms with Crippen LogP contribution in [0.1, 0.15) is 48.8 Å². The normalized spacial score (nSPS) is 14.5. The number of rotatable bonds is 4. The summed E-state index contributed by atoms with van der Waals surface area (Å²) in [6.45, 7) is 0. The Labute approximate surface area is 257 Å². The fraction of sp³-hybridized carbons (Fsp3) is 0.150. The summed E-state index contributed by atoms with van der Waals surface area (Å²) in [7, 11) is 0. The zero-order chi connectivity index (χ0) is 29.5. The maximum Gasteiger partial charge on any atom is 0.164 e. The van der Waals surface area contributed by atoms with Gasteiger partial charge in [-0.1, -0.05) is 122 Å². The number of nitrogens with zero attached hydrogens (tertiary/aromatic N) is 4. The van der Waals surface area contributed by atoms with Gasteiger partial charge in [0, 0.05) is 22.1 Å². The summed E-state index contributed by atoms with van der Waals surface area (Å²) in [4.78, 5) is 14.9. The minimum atomic E-state index is -0.00277. The molecule has 0 saturated heterocycles. The molecule has 1 aromatic heterocycles. The maximum absolute atomic E-state index is 9.72. The molecule has 6 aromatic rings. The highest BCUT2D eigenvalue weighted by Gasteiger charge is 2.44. The van der Waals surface area contributed by atoms with Gasteiger partial charge in [-0.15, -0.1) is 0 Å². The van der Waals surface area contributed by atoms with E-state index in [1.807, 2.05) is 66.7 Å². The Kier molecular flexibility index (Phi) is 6.38. The van der Waals surface area contributed by atoms with E-state index in [9.17, 15) is 5.26 Å². The van der Waals surface area contributed by atoms with E-state index in [-0.39, 0.29) is 5.41 Å². The molecule has 2 aliphatic carbocycles. The first-order valence-corrected chi connectivity index (χ1v) is 15.4. The molecule has 0 radical (unpaired) electrons. The monoisotopic (exact) mass is 566 g/mol. The molecule has 1 saturated carbocycles. The minimum absolute atomic E-state index is 0.00277. The Morgan fingerprint density at radius 1 is 0.477 bits per heavy atom. The van der Waals surface area contributed by atoms with E-state index in [2.05, 4.69) is 60.7 Å². The Morgan fingerprint density at radius 2 is 1.09 bits per heavy atom. The molecule has 0 atom stereocenters. The summed E-state index contributed by atoms with van der Waals surface area (Å²) in [6, 6.07) is 44.2.